The van der Waals surface area contributed by atoms with Crippen LogP contribution in [0.4, 0.5) is 0 Å². The van der Waals surface area contributed by atoms with Crippen LogP contribution in [0.5, 0.6) is 0 Å². The van der Waals surface area contributed by atoms with E-state index in [-0.39, 0.29) is 42.7 Å². The van der Waals surface area contributed by atoms with E-state index in [9.17, 15) is 19.5 Å². The molecule has 0 amide bonds. The fraction of sp³-hybridized carbons (Fsp3) is 0.750. The Bertz CT molecular complexity index is 1340. The maximum atomic E-state index is 12.8. The topological polar surface area (TPSA) is 102 Å². The van der Waals surface area contributed by atoms with Crippen molar-refractivity contribution in [3.8, 4) is 0 Å². The molecule has 0 aromatic carbocycles. The lowest BCUT2D eigenvalue weighted by Crippen LogP contribution is -2.55. The van der Waals surface area contributed by atoms with Crippen LogP contribution in [0, 0.1) is 0 Å². The minimum Gasteiger partial charge on any atom is -0.544 e. The number of carbonyl (C=O) groups is 3. The summed E-state index contributed by atoms with van der Waals surface area (Å²) in [5.41, 5.74) is 0. The van der Waals surface area contributed by atoms with Crippen LogP contribution >= 0.6 is 0 Å². The summed E-state index contributed by atoms with van der Waals surface area (Å²) in [6, 6.07) is -0.733. The van der Waals surface area contributed by atoms with Gasteiger partial charge in [0.05, 0.1) is 40.3 Å². The summed E-state index contributed by atoms with van der Waals surface area (Å²) < 4.78 is 17.3. The van der Waals surface area contributed by atoms with Crippen LogP contribution in [0.1, 0.15) is 239 Å². The summed E-state index contributed by atoms with van der Waals surface area (Å²) in [6.45, 7) is 4.55. The molecular weight excluding hydrogens is 847 g/mol. The highest BCUT2D eigenvalue weighted by Gasteiger charge is 2.25. The van der Waals surface area contributed by atoms with E-state index >= 15 is 0 Å². The van der Waals surface area contributed by atoms with E-state index in [1.54, 1.807) is 21.1 Å². The fourth-order valence-corrected chi connectivity index (χ4v) is 8.08. The second-order valence-electron chi connectivity index (χ2n) is 19.8. The van der Waals surface area contributed by atoms with E-state index in [1.807, 2.05) is 0 Å². The van der Waals surface area contributed by atoms with Gasteiger partial charge in [0.1, 0.15) is 12.6 Å². The SMILES string of the molecule is CC/C=C/C/C=C/C/C=C/C/C=C/C/C=C/C/C=C/CCCCCCC(=O)OCC(COCCC(C(=O)[O-])[N+](C)(C)C)OC(=O)CCCCCCCCCCCCCCCCCCCCCCC. The normalized spacial score (nSPS) is 13.4. The third-order valence-electron chi connectivity index (χ3n) is 12.4. The maximum absolute atomic E-state index is 12.8. The largest absolute Gasteiger partial charge is 0.544 e. The van der Waals surface area contributed by atoms with Crippen molar-refractivity contribution in [2.24, 2.45) is 0 Å². The molecular formula is C60H105NO7. The van der Waals surface area contributed by atoms with Gasteiger partial charge in [0.25, 0.3) is 0 Å². The summed E-state index contributed by atoms with van der Waals surface area (Å²) >= 11 is 0. The van der Waals surface area contributed by atoms with Crippen LogP contribution in [0.2, 0.25) is 0 Å². The molecule has 0 radical (unpaired) electrons. The smallest absolute Gasteiger partial charge is 0.306 e. The van der Waals surface area contributed by atoms with E-state index in [1.165, 1.54) is 116 Å². The minimum absolute atomic E-state index is 0.0316. The number of carboxylic acid groups (broad SMARTS) is 1. The van der Waals surface area contributed by atoms with Gasteiger partial charge in [0.2, 0.25) is 0 Å². The lowest BCUT2D eigenvalue weighted by molar-refractivity contribution is -0.889. The summed E-state index contributed by atoms with van der Waals surface area (Å²) in [6.07, 6.45) is 65.1. The van der Waals surface area contributed by atoms with Gasteiger partial charge < -0.3 is 28.6 Å². The number of aliphatic carboxylic acids is 1. The van der Waals surface area contributed by atoms with Gasteiger partial charge >= 0.3 is 11.9 Å². The Morgan fingerprint density at radius 3 is 1.22 bits per heavy atom. The minimum atomic E-state index is -1.13. The molecule has 2 atom stereocenters. The van der Waals surface area contributed by atoms with Gasteiger partial charge in [0, 0.05) is 19.3 Å². The molecule has 0 aromatic heterocycles. The molecule has 0 aromatic rings. The van der Waals surface area contributed by atoms with Crippen molar-refractivity contribution in [2.75, 3.05) is 41.0 Å². The second kappa shape index (κ2) is 50.2. The van der Waals surface area contributed by atoms with Crippen molar-refractivity contribution < 1.29 is 38.2 Å². The Morgan fingerprint density at radius 1 is 0.456 bits per heavy atom. The number of hydrogen-bond acceptors (Lipinski definition) is 7. The molecule has 0 aliphatic heterocycles. The van der Waals surface area contributed by atoms with Gasteiger partial charge in [-0.15, -0.1) is 0 Å². The number of rotatable bonds is 50. The van der Waals surface area contributed by atoms with E-state index in [4.69, 9.17) is 14.2 Å². The molecule has 0 heterocycles. The Morgan fingerprint density at radius 2 is 0.824 bits per heavy atom. The van der Waals surface area contributed by atoms with Crippen molar-refractivity contribution >= 4 is 17.9 Å². The molecule has 0 saturated heterocycles. The molecule has 392 valence electrons. The fourth-order valence-electron chi connectivity index (χ4n) is 8.08. The predicted molar refractivity (Wildman–Crippen MR) is 286 cm³/mol. The number of unbranched alkanes of at least 4 members (excludes halogenated alkanes) is 24. The quantitative estimate of drug-likeness (QED) is 0.0259. The number of hydrogen-bond donors (Lipinski definition) is 0. The molecule has 0 bridgehead atoms. The van der Waals surface area contributed by atoms with Crippen molar-refractivity contribution in [3.63, 3.8) is 0 Å². The highest BCUT2D eigenvalue weighted by Crippen LogP contribution is 2.16. The zero-order valence-electron chi connectivity index (χ0n) is 44.8. The zero-order chi connectivity index (χ0) is 49.9. The van der Waals surface area contributed by atoms with Crippen molar-refractivity contribution in [1.29, 1.82) is 0 Å². The first-order chi connectivity index (χ1) is 33.1. The molecule has 0 spiro atoms. The van der Waals surface area contributed by atoms with Crippen LogP contribution in [-0.2, 0) is 28.6 Å². The van der Waals surface area contributed by atoms with Gasteiger partial charge in [-0.1, -0.05) is 228 Å². The van der Waals surface area contributed by atoms with Crippen molar-refractivity contribution in [2.45, 2.75) is 251 Å². The van der Waals surface area contributed by atoms with E-state index in [2.05, 4.69) is 86.8 Å². The third-order valence-corrected chi connectivity index (χ3v) is 12.4. The van der Waals surface area contributed by atoms with E-state index in [0.717, 1.165) is 89.9 Å². The van der Waals surface area contributed by atoms with Crippen LogP contribution in [0.15, 0.2) is 72.9 Å². The molecule has 0 rings (SSSR count). The van der Waals surface area contributed by atoms with E-state index in [0.29, 0.717) is 12.8 Å². The Balaban J connectivity index is 4.24. The predicted octanol–water partition coefficient (Wildman–Crippen LogP) is 15.3. The molecule has 8 heteroatoms. The second-order valence-corrected chi connectivity index (χ2v) is 19.8. The third kappa shape index (κ3) is 47.8. The van der Waals surface area contributed by atoms with Crippen LogP contribution in [-0.4, -0.2) is 75.5 Å². The summed E-state index contributed by atoms with van der Waals surface area (Å²) in [5.74, 6) is -1.76. The Labute approximate surface area is 419 Å². The zero-order valence-corrected chi connectivity index (χ0v) is 44.8. The molecule has 8 nitrogen and oxygen atoms in total. The van der Waals surface area contributed by atoms with Crippen LogP contribution < -0.4 is 5.11 Å². The summed E-state index contributed by atoms with van der Waals surface area (Å²) in [7, 11) is 5.41. The van der Waals surface area contributed by atoms with Gasteiger partial charge in [-0.05, 0) is 64.2 Å². The number of ether oxygens (including phenoxy) is 3. The number of carbonyl (C=O) groups excluding carboxylic acids is 3. The van der Waals surface area contributed by atoms with Gasteiger partial charge in [-0.3, -0.25) is 9.59 Å². The number of nitrogens with zero attached hydrogens (tertiary/aromatic N) is 1. The first kappa shape index (κ1) is 64.8. The number of quaternary nitrogens is 1. The molecule has 0 aliphatic rings. The first-order valence-electron chi connectivity index (χ1n) is 28.0. The number of carboxylic acids is 1. The first-order valence-corrected chi connectivity index (χ1v) is 28.0. The average Bonchev–Trinajstić information content (AvgIpc) is 3.30. The van der Waals surface area contributed by atoms with Crippen LogP contribution in [0.25, 0.3) is 0 Å². The molecule has 2 unspecified atom stereocenters. The molecule has 68 heavy (non-hydrogen) atoms. The van der Waals surface area contributed by atoms with Gasteiger partial charge in [-0.25, -0.2) is 0 Å². The standard InChI is InChI=1S/C60H105NO7/c1-6-8-10-12-14-16-18-20-22-24-26-28-29-31-32-34-36-38-40-42-44-46-48-50-58(62)67-55-56(54-66-53-52-57(60(64)65)61(3,4)5)68-59(63)51-49-47-45-43-41-39-37-35-33-30-27-25-23-21-19-17-15-13-11-9-7-2/h8,10,14,16,20,22,26,28,31-32,36,38,56-57H,6-7,9,11-13,15,17-19,21,23-25,27,29-30,33-35,37,39-55H2,1-5H3/b10-8+,16-14+,22-20+,28-26+,32-31+,38-36+. The monoisotopic (exact) mass is 952 g/mol. The lowest BCUT2D eigenvalue weighted by Gasteiger charge is -2.34. The molecule has 0 aliphatic carbocycles. The highest BCUT2D eigenvalue weighted by molar-refractivity contribution is 5.70. The highest BCUT2D eigenvalue weighted by atomic mass is 16.6. The van der Waals surface area contributed by atoms with Crippen LogP contribution in [0.3, 0.4) is 0 Å². The van der Waals surface area contributed by atoms with Crippen molar-refractivity contribution in [1.82, 2.24) is 0 Å². The summed E-state index contributed by atoms with van der Waals surface area (Å²) in [5, 5.41) is 11.7. The molecule has 0 N–H and O–H groups in total. The van der Waals surface area contributed by atoms with Gasteiger partial charge in [0.15, 0.2) is 6.10 Å². The summed E-state index contributed by atoms with van der Waals surface area (Å²) in [4.78, 5) is 37.1. The number of allylic oxidation sites excluding steroid dienone is 12. The Kier molecular flexibility index (Phi) is 47.8. The number of esters is 2. The molecule has 0 fully saturated rings. The lowest BCUT2D eigenvalue weighted by atomic mass is 10.0. The Hall–Kier alpha value is -3.23. The number of likely N-dealkylation sites (N-methyl/N-ethyl adjacent to an activating group) is 1. The molecule has 0 saturated carbocycles. The van der Waals surface area contributed by atoms with Crippen molar-refractivity contribution in [3.05, 3.63) is 72.9 Å². The average molecular weight is 952 g/mol. The van der Waals surface area contributed by atoms with E-state index < -0.39 is 18.1 Å². The van der Waals surface area contributed by atoms with Gasteiger partial charge in [-0.2, -0.15) is 0 Å². The maximum Gasteiger partial charge on any atom is 0.306 e.